The van der Waals surface area contributed by atoms with Crippen LogP contribution in [0.4, 0.5) is 0 Å². The average molecular weight is 284 g/mol. The molecule has 0 aliphatic heterocycles. The van der Waals surface area contributed by atoms with Crippen molar-refractivity contribution in [3.63, 3.8) is 0 Å². The summed E-state index contributed by atoms with van der Waals surface area (Å²) in [6, 6.07) is 7.56. The van der Waals surface area contributed by atoms with E-state index in [4.69, 9.17) is 0 Å². The van der Waals surface area contributed by atoms with Gasteiger partial charge in [0.15, 0.2) is 0 Å². The second-order valence-electron chi connectivity index (χ2n) is 4.22. The predicted molar refractivity (Wildman–Crippen MR) is 70.6 cm³/mol. The molecule has 0 aromatic heterocycles. The highest BCUT2D eigenvalue weighted by Gasteiger charge is 2.16. The molecule has 0 atom stereocenters. The van der Waals surface area contributed by atoms with Gasteiger partial charge in [-0.3, -0.25) is 4.79 Å². The van der Waals surface area contributed by atoms with E-state index >= 15 is 0 Å². The van der Waals surface area contributed by atoms with Gasteiger partial charge >= 0.3 is 0 Å². The van der Waals surface area contributed by atoms with Gasteiger partial charge in [0.25, 0.3) is 5.91 Å². The summed E-state index contributed by atoms with van der Waals surface area (Å²) in [6.45, 7) is 7.80. The van der Waals surface area contributed by atoms with E-state index in [1.54, 1.807) is 0 Å². The van der Waals surface area contributed by atoms with Gasteiger partial charge in [0.05, 0.1) is 5.56 Å². The van der Waals surface area contributed by atoms with Crippen molar-refractivity contribution >= 4 is 21.8 Å². The van der Waals surface area contributed by atoms with Crippen molar-refractivity contribution in [2.24, 2.45) is 5.92 Å². The van der Waals surface area contributed by atoms with Crippen LogP contribution in [0.5, 0.6) is 0 Å². The van der Waals surface area contributed by atoms with Crippen molar-refractivity contribution in [2.75, 3.05) is 13.1 Å². The van der Waals surface area contributed by atoms with Gasteiger partial charge in [0.2, 0.25) is 0 Å². The first-order chi connectivity index (χ1) is 7.56. The van der Waals surface area contributed by atoms with E-state index in [0.29, 0.717) is 5.92 Å². The molecule has 0 unspecified atom stereocenters. The summed E-state index contributed by atoms with van der Waals surface area (Å²) in [5.41, 5.74) is 0.741. The molecule has 3 heteroatoms. The normalized spacial score (nSPS) is 10.6. The molecule has 0 aliphatic rings. The van der Waals surface area contributed by atoms with Crippen LogP contribution in [0.3, 0.4) is 0 Å². The van der Waals surface area contributed by atoms with Crippen molar-refractivity contribution in [3.05, 3.63) is 34.3 Å². The second kappa shape index (κ2) is 6.04. The van der Waals surface area contributed by atoms with Crippen LogP contribution in [0.15, 0.2) is 28.7 Å². The molecule has 1 aromatic rings. The van der Waals surface area contributed by atoms with Gasteiger partial charge in [0.1, 0.15) is 0 Å². The molecule has 16 heavy (non-hydrogen) atoms. The minimum atomic E-state index is 0.101. The molecular formula is C13H18BrNO. The summed E-state index contributed by atoms with van der Waals surface area (Å²) in [5, 5.41) is 0. The van der Waals surface area contributed by atoms with Crippen LogP contribution >= 0.6 is 15.9 Å². The second-order valence-corrected chi connectivity index (χ2v) is 5.07. The molecule has 0 N–H and O–H groups in total. The predicted octanol–water partition coefficient (Wildman–Crippen LogP) is 3.57. The Morgan fingerprint density at radius 2 is 2.00 bits per heavy atom. The molecule has 0 heterocycles. The van der Waals surface area contributed by atoms with Gasteiger partial charge in [0, 0.05) is 17.6 Å². The van der Waals surface area contributed by atoms with E-state index in [-0.39, 0.29) is 5.91 Å². The highest BCUT2D eigenvalue weighted by atomic mass is 79.9. The third-order valence-electron chi connectivity index (χ3n) is 2.36. The quantitative estimate of drug-likeness (QED) is 0.827. The summed E-state index contributed by atoms with van der Waals surface area (Å²) < 4.78 is 0.863. The summed E-state index contributed by atoms with van der Waals surface area (Å²) >= 11 is 3.41. The third-order valence-corrected chi connectivity index (χ3v) is 3.05. The van der Waals surface area contributed by atoms with E-state index in [1.807, 2.05) is 36.1 Å². The van der Waals surface area contributed by atoms with Crippen LogP contribution in [-0.4, -0.2) is 23.9 Å². The molecule has 0 spiro atoms. The van der Waals surface area contributed by atoms with Gasteiger partial charge in [-0.25, -0.2) is 0 Å². The molecular weight excluding hydrogens is 266 g/mol. The standard InChI is InChI=1S/C13H18BrNO/c1-4-15(9-10(2)3)13(16)11-7-5-6-8-12(11)14/h5-8,10H,4,9H2,1-3H3. The molecule has 2 nitrogen and oxygen atoms in total. The Kier molecular flexibility index (Phi) is 5.00. The van der Waals surface area contributed by atoms with Gasteiger partial charge in [-0.2, -0.15) is 0 Å². The Morgan fingerprint density at radius 3 is 2.50 bits per heavy atom. The minimum absolute atomic E-state index is 0.101. The number of benzene rings is 1. The van der Waals surface area contributed by atoms with Gasteiger partial charge in [-0.05, 0) is 40.9 Å². The Bertz CT molecular complexity index is 363. The maximum absolute atomic E-state index is 12.2. The Labute approximate surface area is 106 Å². The first kappa shape index (κ1) is 13.2. The molecule has 1 aromatic carbocycles. The molecule has 88 valence electrons. The fourth-order valence-electron chi connectivity index (χ4n) is 1.60. The summed E-state index contributed by atoms with van der Waals surface area (Å²) in [4.78, 5) is 14.1. The van der Waals surface area contributed by atoms with Gasteiger partial charge in [-0.15, -0.1) is 0 Å². The lowest BCUT2D eigenvalue weighted by atomic mass is 10.1. The third kappa shape index (κ3) is 3.34. The lowest BCUT2D eigenvalue weighted by Crippen LogP contribution is -2.34. The Balaban J connectivity index is 2.87. The zero-order valence-corrected chi connectivity index (χ0v) is 11.6. The van der Waals surface area contributed by atoms with Crippen LogP contribution in [-0.2, 0) is 0 Å². The monoisotopic (exact) mass is 283 g/mol. The maximum Gasteiger partial charge on any atom is 0.254 e. The average Bonchev–Trinajstić information content (AvgIpc) is 2.25. The van der Waals surface area contributed by atoms with Gasteiger partial charge in [-0.1, -0.05) is 26.0 Å². The lowest BCUT2D eigenvalue weighted by Gasteiger charge is -2.23. The fourth-order valence-corrected chi connectivity index (χ4v) is 2.06. The number of carbonyl (C=O) groups excluding carboxylic acids is 1. The summed E-state index contributed by atoms with van der Waals surface area (Å²) in [5.74, 6) is 0.593. The number of nitrogens with zero attached hydrogens (tertiary/aromatic N) is 1. The topological polar surface area (TPSA) is 20.3 Å². The number of rotatable bonds is 4. The van der Waals surface area contributed by atoms with E-state index in [0.717, 1.165) is 23.1 Å². The van der Waals surface area contributed by atoms with Crippen LogP contribution in [0, 0.1) is 5.92 Å². The molecule has 0 aliphatic carbocycles. The maximum atomic E-state index is 12.2. The van der Waals surface area contributed by atoms with Crippen molar-refractivity contribution < 1.29 is 4.79 Å². The van der Waals surface area contributed by atoms with Crippen LogP contribution < -0.4 is 0 Å². The fraction of sp³-hybridized carbons (Fsp3) is 0.462. The minimum Gasteiger partial charge on any atom is -0.339 e. The molecule has 0 saturated carbocycles. The molecule has 0 bridgehead atoms. The highest BCUT2D eigenvalue weighted by molar-refractivity contribution is 9.10. The van der Waals surface area contributed by atoms with E-state index in [1.165, 1.54) is 0 Å². The molecule has 1 amide bonds. The number of amides is 1. The van der Waals surface area contributed by atoms with Crippen LogP contribution in [0.2, 0.25) is 0 Å². The molecule has 0 saturated heterocycles. The Hall–Kier alpha value is -0.830. The van der Waals surface area contributed by atoms with Crippen molar-refractivity contribution in [1.82, 2.24) is 4.90 Å². The van der Waals surface area contributed by atoms with Crippen LogP contribution in [0.1, 0.15) is 31.1 Å². The lowest BCUT2D eigenvalue weighted by molar-refractivity contribution is 0.0745. The first-order valence-electron chi connectivity index (χ1n) is 5.60. The smallest absolute Gasteiger partial charge is 0.254 e. The Morgan fingerprint density at radius 1 is 1.38 bits per heavy atom. The number of halogens is 1. The van der Waals surface area contributed by atoms with Crippen molar-refractivity contribution in [1.29, 1.82) is 0 Å². The first-order valence-corrected chi connectivity index (χ1v) is 6.39. The van der Waals surface area contributed by atoms with E-state index < -0.39 is 0 Å². The summed E-state index contributed by atoms with van der Waals surface area (Å²) in [6.07, 6.45) is 0. The number of hydrogen-bond donors (Lipinski definition) is 0. The van der Waals surface area contributed by atoms with E-state index in [2.05, 4.69) is 29.8 Å². The summed E-state index contributed by atoms with van der Waals surface area (Å²) in [7, 11) is 0. The van der Waals surface area contributed by atoms with Crippen LogP contribution in [0.25, 0.3) is 0 Å². The van der Waals surface area contributed by atoms with Crippen molar-refractivity contribution in [3.8, 4) is 0 Å². The highest BCUT2D eigenvalue weighted by Crippen LogP contribution is 2.18. The SMILES string of the molecule is CCN(CC(C)C)C(=O)c1ccccc1Br. The molecule has 0 radical (unpaired) electrons. The molecule has 0 fully saturated rings. The molecule has 1 rings (SSSR count). The van der Waals surface area contributed by atoms with Crippen molar-refractivity contribution in [2.45, 2.75) is 20.8 Å². The zero-order valence-electron chi connectivity index (χ0n) is 10.0. The number of carbonyl (C=O) groups is 1. The van der Waals surface area contributed by atoms with E-state index in [9.17, 15) is 4.79 Å². The zero-order chi connectivity index (χ0) is 12.1. The number of hydrogen-bond acceptors (Lipinski definition) is 1. The van der Waals surface area contributed by atoms with Gasteiger partial charge < -0.3 is 4.90 Å². The largest absolute Gasteiger partial charge is 0.339 e.